The molecular formula is C27H18BiN3O9S3. The summed E-state index contributed by atoms with van der Waals surface area (Å²) in [5.74, 6) is 0. The van der Waals surface area contributed by atoms with Crippen molar-refractivity contribution in [3.63, 3.8) is 0 Å². The van der Waals surface area contributed by atoms with Gasteiger partial charge >= 0.3 is 26.2 Å². The van der Waals surface area contributed by atoms with E-state index in [9.17, 15) is 38.9 Å². The van der Waals surface area contributed by atoms with Crippen LogP contribution in [0.2, 0.25) is 0 Å². The molecule has 0 aliphatic carbocycles. The van der Waals surface area contributed by atoms with Crippen molar-refractivity contribution in [2.24, 2.45) is 0 Å². The molecule has 0 unspecified atom stereocenters. The van der Waals surface area contributed by atoms with Gasteiger partial charge in [0.1, 0.15) is 30.4 Å². The maximum absolute atomic E-state index is 10.9. The van der Waals surface area contributed by atoms with Crippen LogP contribution in [0.25, 0.3) is 32.3 Å². The fourth-order valence-corrected chi connectivity index (χ4v) is 6.03. The van der Waals surface area contributed by atoms with Crippen LogP contribution in [0.4, 0.5) is 0 Å². The summed E-state index contributed by atoms with van der Waals surface area (Å²) in [7, 11) is -13.2. The largest absolute Gasteiger partial charge is 3.00 e. The fourth-order valence-electron chi connectivity index (χ4n) is 3.93. The molecule has 12 nitrogen and oxygen atoms in total. The Bertz CT molecular complexity index is 1980. The first-order chi connectivity index (χ1) is 19.8. The van der Waals surface area contributed by atoms with Crippen LogP contribution in [0, 0.1) is 0 Å². The Morgan fingerprint density at radius 3 is 0.907 bits per heavy atom. The number of fused-ring (bicyclic) bond motifs is 3. The van der Waals surface area contributed by atoms with E-state index >= 15 is 0 Å². The molecule has 0 saturated carbocycles. The number of pyridine rings is 3. The van der Waals surface area contributed by atoms with E-state index in [0.29, 0.717) is 32.3 Å². The number of nitrogens with zero attached hydrogens (tertiary/aromatic N) is 3. The molecule has 6 aromatic rings. The molecule has 6 rings (SSSR count). The quantitative estimate of drug-likeness (QED) is 0.186. The summed E-state index contributed by atoms with van der Waals surface area (Å²) in [6.07, 6.45) is 8.92. The minimum absolute atomic E-state index is 0. The van der Waals surface area contributed by atoms with Crippen molar-refractivity contribution in [3.8, 4) is 0 Å². The Hall–Kier alpha value is -3.50. The van der Waals surface area contributed by atoms with Crippen molar-refractivity contribution in [1.82, 2.24) is 15.0 Å². The predicted molar refractivity (Wildman–Crippen MR) is 155 cm³/mol. The van der Waals surface area contributed by atoms with Crippen molar-refractivity contribution < 1.29 is 38.9 Å². The zero-order valence-corrected chi connectivity index (χ0v) is 27.5. The molecule has 0 bridgehead atoms. The summed E-state index contributed by atoms with van der Waals surface area (Å²) in [4.78, 5) is 10.9. The Morgan fingerprint density at radius 1 is 0.419 bits per heavy atom. The molecule has 2 radical (unpaired) electrons. The standard InChI is InChI=1S/3C9H7NO3S.Bi/c3*11-14(12,13)9-3-1-2-7-6-10-5-4-8(7)9;/h3*1-6H,(H,11,12,13);/q;;;+3/p-3. The average Bonchev–Trinajstić information content (AvgIpc) is 2.95. The van der Waals surface area contributed by atoms with Gasteiger partial charge in [0.25, 0.3) is 0 Å². The van der Waals surface area contributed by atoms with Gasteiger partial charge in [-0.25, -0.2) is 25.3 Å². The second-order valence-corrected chi connectivity index (χ2v) is 12.5. The summed E-state index contributed by atoms with van der Waals surface area (Å²) in [5, 5.41) is 3.17. The number of benzene rings is 3. The molecule has 0 N–H and O–H groups in total. The summed E-state index contributed by atoms with van der Waals surface area (Å²) in [6.45, 7) is 0. The van der Waals surface area contributed by atoms with Crippen molar-refractivity contribution in [1.29, 1.82) is 0 Å². The van der Waals surface area contributed by atoms with Crippen LogP contribution in [-0.2, 0) is 30.4 Å². The van der Waals surface area contributed by atoms with Gasteiger partial charge in [-0.3, -0.25) is 15.0 Å². The van der Waals surface area contributed by atoms with Crippen LogP contribution < -0.4 is 0 Å². The Balaban J connectivity index is 0.000000175. The van der Waals surface area contributed by atoms with Gasteiger partial charge in [0.2, 0.25) is 0 Å². The number of hydrogen-bond acceptors (Lipinski definition) is 12. The summed E-state index contributed by atoms with van der Waals surface area (Å²) < 4.78 is 97.8. The minimum Gasteiger partial charge on any atom is -0.744 e. The molecule has 0 saturated heterocycles. The molecule has 0 fully saturated rings. The number of aromatic nitrogens is 3. The van der Waals surface area contributed by atoms with Crippen LogP contribution in [0.5, 0.6) is 0 Å². The maximum Gasteiger partial charge on any atom is 3.00 e. The monoisotopic (exact) mass is 833 g/mol. The van der Waals surface area contributed by atoms with E-state index in [-0.39, 0.29) is 40.9 Å². The number of rotatable bonds is 3. The predicted octanol–water partition coefficient (Wildman–Crippen LogP) is 3.04. The summed E-state index contributed by atoms with van der Waals surface area (Å²) in [6, 6.07) is 18.1. The Kier molecular flexibility index (Phi) is 11.0. The second kappa shape index (κ2) is 13.9. The molecular weight excluding hydrogens is 815 g/mol. The van der Waals surface area contributed by atoms with Gasteiger partial charge in [-0.15, -0.1) is 0 Å². The zero-order valence-electron chi connectivity index (χ0n) is 21.6. The molecule has 3 aromatic carbocycles. The van der Waals surface area contributed by atoms with Gasteiger partial charge < -0.3 is 13.7 Å². The first kappa shape index (κ1) is 34.0. The van der Waals surface area contributed by atoms with E-state index in [2.05, 4.69) is 15.0 Å². The van der Waals surface area contributed by atoms with Gasteiger partial charge in [-0.2, -0.15) is 0 Å². The van der Waals surface area contributed by atoms with E-state index in [1.807, 2.05) is 0 Å². The molecule has 0 amide bonds. The van der Waals surface area contributed by atoms with Gasteiger partial charge in [0, 0.05) is 69.5 Å². The van der Waals surface area contributed by atoms with Gasteiger partial charge in [-0.1, -0.05) is 36.4 Å². The van der Waals surface area contributed by atoms with Gasteiger partial charge in [-0.05, 0) is 36.4 Å². The molecule has 218 valence electrons. The molecule has 16 heteroatoms. The molecule has 0 aliphatic heterocycles. The third kappa shape index (κ3) is 8.54. The normalized spacial score (nSPS) is 11.5. The average molecular weight is 834 g/mol. The Morgan fingerprint density at radius 2 is 0.674 bits per heavy atom. The van der Waals surface area contributed by atoms with Crippen LogP contribution in [-0.4, -0.2) is 80.1 Å². The third-order valence-corrected chi connectivity index (χ3v) is 8.41. The first-order valence-corrected chi connectivity index (χ1v) is 15.9. The summed E-state index contributed by atoms with van der Waals surface area (Å²) >= 11 is 0. The number of hydrogen-bond donors (Lipinski definition) is 0. The zero-order chi connectivity index (χ0) is 30.5. The second-order valence-electron chi connectivity index (χ2n) is 8.42. The van der Waals surface area contributed by atoms with Crippen LogP contribution in [0.1, 0.15) is 0 Å². The smallest absolute Gasteiger partial charge is 0.744 e. The van der Waals surface area contributed by atoms with E-state index in [4.69, 9.17) is 0 Å². The molecule has 0 spiro atoms. The fraction of sp³-hybridized carbons (Fsp3) is 0. The Labute approximate surface area is 265 Å². The molecule has 43 heavy (non-hydrogen) atoms. The first-order valence-electron chi connectivity index (χ1n) is 11.6. The van der Waals surface area contributed by atoms with Crippen molar-refractivity contribution >= 4 is 88.9 Å². The van der Waals surface area contributed by atoms with Gasteiger partial charge in [0.05, 0.1) is 14.7 Å². The molecule has 3 aromatic heterocycles. The molecule has 3 heterocycles. The topological polar surface area (TPSA) is 210 Å². The van der Waals surface area contributed by atoms with Crippen molar-refractivity contribution in [2.75, 3.05) is 0 Å². The van der Waals surface area contributed by atoms with Gasteiger partial charge in [0.15, 0.2) is 0 Å². The summed E-state index contributed by atoms with van der Waals surface area (Å²) in [5.41, 5.74) is 0. The van der Waals surface area contributed by atoms with Crippen molar-refractivity contribution in [2.45, 2.75) is 14.7 Å². The molecule has 0 atom stereocenters. The van der Waals surface area contributed by atoms with Crippen LogP contribution in [0.3, 0.4) is 0 Å². The van der Waals surface area contributed by atoms with E-state index in [0.717, 1.165) is 0 Å². The van der Waals surface area contributed by atoms with Crippen LogP contribution >= 0.6 is 0 Å². The van der Waals surface area contributed by atoms with E-state index in [1.165, 1.54) is 91.8 Å². The van der Waals surface area contributed by atoms with Crippen LogP contribution in [0.15, 0.2) is 125 Å². The van der Waals surface area contributed by atoms with Crippen molar-refractivity contribution in [3.05, 3.63) is 110 Å². The van der Waals surface area contributed by atoms with E-state index in [1.54, 1.807) is 18.2 Å². The maximum atomic E-state index is 10.9. The minimum atomic E-state index is -4.41. The molecule has 0 aliphatic rings. The van der Waals surface area contributed by atoms with E-state index < -0.39 is 30.4 Å². The SMILES string of the molecule is O=S(=O)([O-])c1cccc2cnccc12.O=S(=O)([O-])c1cccc2cnccc12.O=S(=O)([O-])c1cccc2cnccc12.[Bi+3]. The third-order valence-electron chi connectivity index (χ3n) is 5.73.